The van der Waals surface area contributed by atoms with Gasteiger partial charge >= 0.3 is 0 Å². The van der Waals surface area contributed by atoms with Gasteiger partial charge in [0.15, 0.2) is 0 Å². The number of fused-ring (bicyclic) bond motifs is 1. The van der Waals surface area contributed by atoms with Crippen LogP contribution < -0.4 is 10.5 Å². The van der Waals surface area contributed by atoms with E-state index in [-0.39, 0.29) is 17.5 Å². The van der Waals surface area contributed by atoms with Gasteiger partial charge in [-0.3, -0.25) is 18.9 Å². The number of piperazine rings is 1. The van der Waals surface area contributed by atoms with Crippen molar-refractivity contribution in [1.29, 1.82) is 0 Å². The van der Waals surface area contributed by atoms with Crippen molar-refractivity contribution >= 4 is 51.7 Å². The number of rotatable bonds is 4. The highest BCUT2D eigenvalue weighted by Crippen LogP contribution is 2.38. The SMILES string of the molecule is Cc1ccc2nc(N3CCN(C)CC3)c(/C=C3\SC(=S)N([C@H](C)c4ccccc4)C3=O)c(=O)n2c1. The Morgan fingerprint density at radius 3 is 2.49 bits per heavy atom. The molecular weight excluding hydrogens is 478 g/mol. The molecule has 2 saturated heterocycles. The minimum absolute atomic E-state index is 0.186. The molecular formula is C26H27N5O2S2. The molecule has 9 heteroatoms. The van der Waals surface area contributed by atoms with E-state index in [4.69, 9.17) is 17.2 Å². The molecule has 0 saturated carbocycles. The van der Waals surface area contributed by atoms with Gasteiger partial charge in [-0.1, -0.05) is 60.4 Å². The third-order valence-electron chi connectivity index (χ3n) is 6.56. The molecule has 1 amide bonds. The number of carbonyl (C=O) groups is 1. The molecule has 4 heterocycles. The average molecular weight is 506 g/mol. The fourth-order valence-corrected chi connectivity index (χ4v) is 5.86. The Balaban J connectivity index is 1.59. The topological polar surface area (TPSA) is 61.2 Å². The van der Waals surface area contributed by atoms with E-state index < -0.39 is 0 Å². The smallest absolute Gasteiger partial charge is 0.267 e. The van der Waals surface area contributed by atoms with Crippen LogP contribution in [0.5, 0.6) is 0 Å². The van der Waals surface area contributed by atoms with Gasteiger partial charge in [0.1, 0.15) is 15.8 Å². The number of benzene rings is 1. The van der Waals surface area contributed by atoms with Crippen LogP contribution in [0.15, 0.2) is 58.4 Å². The van der Waals surface area contributed by atoms with Gasteiger partial charge in [0.25, 0.3) is 11.5 Å². The summed E-state index contributed by atoms with van der Waals surface area (Å²) < 4.78 is 2.05. The van der Waals surface area contributed by atoms with E-state index in [1.54, 1.807) is 21.6 Å². The number of aromatic nitrogens is 2. The van der Waals surface area contributed by atoms with Crippen LogP contribution in [0, 0.1) is 6.92 Å². The number of pyridine rings is 1. The van der Waals surface area contributed by atoms with Crippen molar-refractivity contribution in [3.63, 3.8) is 0 Å². The molecule has 2 aromatic heterocycles. The quantitative estimate of drug-likeness (QED) is 0.396. The van der Waals surface area contributed by atoms with Crippen molar-refractivity contribution in [2.24, 2.45) is 0 Å². The van der Waals surface area contributed by atoms with Gasteiger partial charge < -0.3 is 9.80 Å². The van der Waals surface area contributed by atoms with Crippen LogP contribution in [0.25, 0.3) is 11.7 Å². The number of thiocarbonyl (C=S) groups is 1. The molecule has 0 N–H and O–H groups in total. The number of hydrogen-bond acceptors (Lipinski definition) is 7. The second kappa shape index (κ2) is 9.56. The van der Waals surface area contributed by atoms with Gasteiger partial charge in [-0.05, 0) is 44.2 Å². The zero-order valence-corrected chi connectivity index (χ0v) is 21.6. The molecule has 3 aromatic rings. The first kappa shape index (κ1) is 23.7. The van der Waals surface area contributed by atoms with Crippen LogP contribution in [-0.4, -0.2) is 62.6 Å². The first-order chi connectivity index (χ1) is 16.8. The van der Waals surface area contributed by atoms with Crippen LogP contribution in [0.3, 0.4) is 0 Å². The highest BCUT2D eigenvalue weighted by molar-refractivity contribution is 8.26. The van der Waals surface area contributed by atoms with E-state index in [9.17, 15) is 9.59 Å². The van der Waals surface area contributed by atoms with E-state index in [1.165, 1.54) is 11.8 Å². The predicted octanol–water partition coefficient (Wildman–Crippen LogP) is 3.72. The van der Waals surface area contributed by atoms with Crippen LogP contribution in [0.4, 0.5) is 5.82 Å². The standard InChI is InChI=1S/C26H27N5O2S2/c1-17-9-10-22-27-23(29-13-11-28(3)12-14-29)20(24(32)30(22)16-17)15-21-25(33)31(26(34)35-21)18(2)19-7-5-4-6-8-19/h4-10,15-16,18H,11-14H2,1-3H3/b21-15-/t18-/m1/s1. The summed E-state index contributed by atoms with van der Waals surface area (Å²) in [5.74, 6) is 0.433. The minimum Gasteiger partial charge on any atom is -0.353 e. The second-order valence-electron chi connectivity index (χ2n) is 9.02. The van der Waals surface area contributed by atoms with E-state index in [1.807, 2.05) is 56.3 Å². The molecule has 0 radical (unpaired) electrons. The van der Waals surface area contributed by atoms with E-state index >= 15 is 0 Å². The molecule has 2 fully saturated rings. The first-order valence-corrected chi connectivity index (χ1v) is 12.8. The molecule has 2 aliphatic heterocycles. The first-order valence-electron chi connectivity index (χ1n) is 11.6. The van der Waals surface area contributed by atoms with Gasteiger partial charge in [-0.25, -0.2) is 4.98 Å². The summed E-state index contributed by atoms with van der Waals surface area (Å²) in [6, 6.07) is 13.4. The van der Waals surface area contributed by atoms with Gasteiger partial charge in [0, 0.05) is 32.4 Å². The Morgan fingerprint density at radius 2 is 1.77 bits per heavy atom. The van der Waals surface area contributed by atoms with Crippen molar-refractivity contribution in [1.82, 2.24) is 19.2 Å². The third-order valence-corrected chi connectivity index (χ3v) is 7.89. The number of nitrogens with zero attached hydrogens (tertiary/aromatic N) is 5. The number of carbonyl (C=O) groups excluding carboxylic acids is 1. The van der Waals surface area contributed by atoms with Crippen molar-refractivity contribution < 1.29 is 4.79 Å². The lowest BCUT2D eigenvalue weighted by Crippen LogP contribution is -2.45. The normalized spacial score (nSPS) is 19.2. The van der Waals surface area contributed by atoms with Crippen LogP contribution in [0.2, 0.25) is 0 Å². The Labute approximate surface area is 214 Å². The number of thioether (sulfide) groups is 1. The summed E-state index contributed by atoms with van der Waals surface area (Å²) in [4.78, 5) is 38.5. The average Bonchev–Trinajstić information content (AvgIpc) is 3.14. The maximum atomic E-state index is 13.7. The second-order valence-corrected chi connectivity index (χ2v) is 10.7. The van der Waals surface area contributed by atoms with Gasteiger partial charge in [0.2, 0.25) is 0 Å². The Hall–Kier alpha value is -3.01. The number of aryl methyl sites for hydroxylation is 1. The highest BCUT2D eigenvalue weighted by atomic mass is 32.2. The monoisotopic (exact) mass is 505 g/mol. The Bertz CT molecular complexity index is 1390. The number of hydrogen-bond donors (Lipinski definition) is 0. The van der Waals surface area contributed by atoms with Gasteiger partial charge in [0.05, 0.1) is 16.5 Å². The molecule has 7 nitrogen and oxygen atoms in total. The van der Waals surface area contributed by atoms with Crippen molar-refractivity contribution in [3.8, 4) is 0 Å². The maximum Gasteiger partial charge on any atom is 0.267 e. The van der Waals surface area contributed by atoms with Crippen molar-refractivity contribution in [3.05, 3.63) is 80.6 Å². The fraction of sp³-hybridized carbons (Fsp3) is 0.308. The largest absolute Gasteiger partial charge is 0.353 e. The molecule has 0 aliphatic carbocycles. The summed E-state index contributed by atoms with van der Waals surface area (Å²) >= 11 is 6.84. The molecule has 180 valence electrons. The molecule has 5 rings (SSSR count). The molecule has 1 atom stereocenters. The number of anilines is 1. The van der Waals surface area contributed by atoms with Crippen molar-refractivity contribution in [2.75, 3.05) is 38.1 Å². The predicted molar refractivity (Wildman–Crippen MR) is 146 cm³/mol. The van der Waals surface area contributed by atoms with Gasteiger partial charge in [-0.15, -0.1) is 0 Å². The van der Waals surface area contributed by atoms with Gasteiger partial charge in [-0.2, -0.15) is 0 Å². The minimum atomic E-state index is -0.204. The lowest BCUT2D eigenvalue weighted by molar-refractivity contribution is -0.123. The van der Waals surface area contributed by atoms with E-state index in [0.717, 1.165) is 37.3 Å². The third kappa shape index (κ3) is 4.51. The molecule has 0 spiro atoms. The molecule has 0 unspecified atom stereocenters. The van der Waals surface area contributed by atoms with Crippen LogP contribution in [-0.2, 0) is 4.79 Å². The highest BCUT2D eigenvalue weighted by Gasteiger charge is 2.36. The van der Waals surface area contributed by atoms with E-state index in [0.29, 0.717) is 26.3 Å². The molecule has 35 heavy (non-hydrogen) atoms. The summed E-state index contributed by atoms with van der Waals surface area (Å²) in [5, 5.41) is 0. The summed E-state index contributed by atoms with van der Waals surface area (Å²) in [6.07, 6.45) is 3.48. The molecule has 0 bridgehead atoms. The lowest BCUT2D eigenvalue weighted by Gasteiger charge is -2.34. The summed E-state index contributed by atoms with van der Waals surface area (Å²) in [7, 11) is 2.09. The number of likely N-dealkylation sites (N-methyl/N-ethyl adjacent to an activating group) is 1. The maximum absolute atomic E-state index is 13.7. The Morgan fingerprint density at radius 1 is 1.06 bits per heavy atom. The van der Waals surface area contributed by atoms with Crippen molar-refractivity contribution in [2.45, 2.75) is 19.9 Å². The zero-order chi connectivity index (χ0) is 24.7. The van der Waals surface area contributed by atoms with Crippen LogP contribution in [0.1, 0.15) is 29.7 Å². The molecule has 1 aromatic carbocycles. The fourth-order valence-electron chi connectivity index (χ4n) is 4.46. The summed E-state index contributed by atoms with van der Waals surface area (Å²) in [5.41, 5.74) is 2.80. The molecule has 2 aliphatic rings. The summed E-state index contributed by atoms with van der Waals surface area (Å²) in [6.45, 7) is 7.19. The van der Waals surface area contributed by atoms with E-state index in [2.05, 4.69) is 16.8 Å². The Kier molecular flexibility index (Phi) is 6.48. The van der Waals surface area contributed by atoms with Crippen LogP contribution >= 0.6 is 24.0 Å². The lowest BCUT2D eigenvalue weighted by atomic mass is 10.1. The zero-order valence-electron chi connectivity index (χ0n) is 20.0. The number of amides is 1.